The van der Waals surface area contributed by atoms with Gasteiger partial charge in [-0.2, -0.15) is 0 Å². The van der Waals surface area contributed by atoms with Crippen molar-refractivity contribution in [3.05, 3.63) is 0 Å². The van der Waals surface area contributed by atoms with Gasteiger partial charge < -0.3 is 10.8 Å². The molecule has 0 fully saturated rings. The number of hydrogen-bond acceptors (Lipinski definition) is 3. The van der Waals surface area contributed by atoms with E-state index < -0.39 is 17.9 Å². The van der Waals surface area contributed by atoms with Crippen LogP contribution in [0.1, 0.15) is 39.5 Å². The first kappa shape index (κ1) is 13.1. The second-order valence-electron chi connectivity index (χ2n) is 3.60. The molecule has 0 aromatic carbocycles. The van der Waals surface area contributed by atoms with E-state index in [-0.39, 0.29) is 5.78 Å². The monoisotopic (exact) mass is 201 g/mol. The molecular formula is C10H19NO3. The van der Waals surface area contributed by atoms with Gasteiger partial charge in [-0.3, -0.25) is 9.59 Å². The van der Waals surface area contributed by atoms with Crippen LogP contribution in [0.15, 0.2) is 0 Å². The number of nitrogens with two attached hydrogens (primary N) is 1. The van der Waals surface area contributed by atoms with Crippen molar-refractivity contribution in [2.45, 2.75) is 45.6 Å². The van der Waals surface area contributed by atoms with Crippen LogP contribution in [-0.2, 0) is 9.59 Å². The van der Waals surface area contributed by atoms with E-state index in [1.54, 1.807) is 6.92 Å². The summed E-state index contributed by atoms with van der Waals surface area (Å²) < 4.78 is 0. The summed E-state index contributed by atoms with van der Waals surface area (Å²) in [6.07, 6.45) is 3.05. The van der Waals surface area contributed by atoms with Gasteiger partial charge in [-0.1, -0.05) is 19.8 Å². The van der Waals surface area contributed by atoms with Crippen molar-refractivity contribution in [1.29, 1.82) is 0 Å². The molecule has 0 radical (unpaired) electrons. The van der Waals surface area contributed by atoms with Gasteiger partial charge in [0.15, 0.2) is 0 Å². The Balaban J connectivity index is 4.10. The van der Waals surface area contributed by atoms with Crippen molar-refractivity contribution in [2.24, 2.45) is 11.7 Å². The third-order valence-electron chi connectivity index (χ3n) is 2.17. The van der Waals surface area contributed by atoms with E-state index in [2.05, 4.69) is 0 Å². The second-order valence-corrected chi connectivity index (χ2v) is 3.60. The highest BCUT2D eigenvalue weighted by molar-refractivity contribution is 5.98. The number of Topliss-reactive ketones (excluding diaryl/α,β-unsaturated/α-hetero) is 1. The van der Waals surface area contributed by atoms with Crippen LogP contribution < -0.4 is 5.73 Å². The molecule has 0 heterocycles. The van der Waals surface area contributed by atoms with Gasteiger partial charge in [0.1, 0.15) is 11.7 Å². The molecule has 2 unspecified atom stereocenters. The minimum atomic E-state index is -1.11. The average molecular weight is 201 g/mol. The third-order valence-corrected chi connectivity index (χ3v) is 2.17. The Kier molecular flexibility index (Phi) is 6.12. The van der Waals surface area contributed by atoms with Gasteiger partial charge in [-0.05, 0) is 13.3 Å². The highest BCUT2D eigenvalue weighted by atomic mass is 16.4. The summed E-state index contributed by atoms with van der Waals surface area (Å²) in [5.74, 6) is -2.39. The van der Waals surface area contributed by atoms with Crippen LogP contribution >= 0.6 is 0 Å². The maximum atomic E-state index is 11.4. The minimum absolute atomic E-state index is 0.249. The Morgan fingerprint density at radius 1 is 1.36 bits per heavy atom. The number of rotatable bonds is 7. The molecular weight excluding hydrogens is 182 g/mol. The van der Waals surface area contributed by atoms with Crippen molar-refractivity contribution in [2.75, 3.05) is 0 Å². The Hall–Kier alpha value is -0.900. The van der Waals surface area contributed by atoms with Crippen molar-refractivity contribution in [3.63, 3.8) is 0 Å². The maximum Gasteiger partial charge on any atom is 0.315 e. The topological polar surface area (TPSA) is 80.4 Å². The highest BCUT2D eigenvalue weighted by Gasteiger charge is 2.28. The Morgan fingerprint density at radius 3 is 2.29 bits per heavy atom. The number of unbranched alkanes of at least 4 members (excludes halogenated alkanes) is 2. The number of ketones is 1. The van der Waals surface area contributed by atoms with Gasteiger partial charge >= 0.3 is 5.97 Å². The van der Waals surface area contributed by atoms with Crippen LogP contribution in [0.3, 0.4) is 0 Å². The fourth-order valence-electron chi connectivity index (χ4n) is 1.36. The number of carbonyl (C=O) groups excluding carboxylic acids is 1. The molecule has 0 rings (SSSR count). The van der Waals surface area contributed by atoms with E-state index in [4.69, 9.17) is 10.8 Å². The first-order valence-corrected chi connectivity index (χ1v) is 5.01. The first-order chi connectivity index (χ1) is 6.50. The van der Waals surface area contributed by atoms with Crippen molar-refractivity contribution in [3.8, 4) is 0 Å². The summed E-state index contributed by atoms with van der Waals surface area (Å²) in [6.45, 7) is 3.58. The van der Waals surface area contributed by atoms with Crippen LogP contribution in [-0.4, -0.2) is 22.9 Å². The fraction of sp³-hybridized carbons (Fsp3) is 0.800. The number of carboxylic acids is 1. The smallest absolute Gasteiger partial charge is 0.315 e. The molecule has 14 heavy (non-hydrogen) atoms. The second kappa shape index (κ2) is 6.54. The number of aliphatic carboxylic acids is 1. The number of carbonyl (C=O) groups is 2. The Labute approximate surface area is 84.5 Å². The van der Waals surface area contributed by atoms with E-state index in [1.807, 2.05) is 6.92 Å². The Morgan fingerprint density at radius 2 is 1.93 bits per heavy atom. The third kappa shape index (κ3) is 4.37. The van der Waals surface area contributed by atoms with Crippen LogP contribution in [0, 0.1) is 5.92 Å². The molecule has 0 amide bonds. The highest BCUT2D eigenvalue weighted by Crippen LogP contribution is 2.10. The molecule has 4 heteroatoms. The molecule has 0 aliphatic carbocycles. The van der Waals surface area contributed by atoms with E-state index in [0.29, 0.717) is 6.42 Å². The summed E-state index contributed by atoms with van der Waals surface area (Å²) in [4.78, 5) is 22.2. The summed E-state index contributed by atoms with van der Waals surface area (Å²) in [6, 6.07) is -0.610. The average Bonchev–Trinajstić information content (AvgIpc) is 2.03. The lowest BCUT2D eigenvalue weighted by Gasteiger charge is -2.14. The molecule has 82 valence electrons. The van der Waals surface area contributed by atoms with Crippen molar-refractivity contribution < 1.29 is 14.7 Å². The van der Waals surface area contributed by atoms with E-state index in [9.17, 15) is 9.59 Å². The zero-order chi connectivity index (χ0) is 11.1. The lowest BCUT2D eigenvalue weighted by Crippen LogP contribution is -2.38. The molecule has 0 aliphatic rings. The molecule has 0 spiro atoms. The van der Waals surface area contributed by atoms with Crippen LogP contribution in [0.4, 0.5) is 0 Å². The molecule has 0 saturated heterocycles. The molecule has 0 saturated carbocycles. The lowest BCUT2D eigenvalue weighted by molar-refractivity contribution is -0.147. The number of carboxylic acid groups (broad SMARTS) is 1. The number of hydrogen-bond donors (Lipinski definition) is 2. The van der Waals surface area contributed by atoms with Crippen LogP contribution in [0.5, 0.6) is 0 Å². The van der Waals surface area contributed by atoms with Gasteiger partial charge in [0.25, 0.3) is 0 Å². The van der Waals surface area contributed by atoms with E-state index in [1.165, 1.54) is 0 Å². The van der Waals surface area contributed by atoms with E-state index in [0.717, 1.165) is 19.3 Å². The molecule has 0 aliphatic heterocycles. The lowest BCUT2D eigenvalue weighted by atomic mass is 9.93. The predicted octanol–water partition coefficient (Wildman–Crippen LogP) is 1.18. The first-order valence-electron chi connectivity index (χ1n) is 5.01. The van der Waals surface area contributed by atoms with E-state index >= 15 is 0 Å². The van der Waals surface area contributed by atoms with Crippen molar-refractivity contribution in [1.82, 2.24) is 0 Å². The van der Waals surface area contributed by atoms with Gasteiger partial charge in [0.2, 0.25) is 0 Å². The van der Waals surface area contributed by atoms with Gasteiger partial charge in [-0.15, -0.1) is 0 Å². The molecule has 3 N–H and O–H groups in total. The minimum Gasteiger partial charge on any atom is -0.481 e. The van der Waals surface area contributed by atoms with Crippen molar-refractivity contribution >= 4 is 11.8 Å². The zero-order valence-corrected chi connectivity index (χ0v) is 8.82. The largest absolute Gasteiger partial charge is 0.481 e. The predicted molar refractivity (Wildman–Crippen MR) is 53.9 cm³/mol. The van der Waals surface area contributed by atoms with Gasteiger partial charge in [0, 0.05) is 12.5 Å². The molecule has 0 aromatic heterocycles. The molecule has 4 nitrogen and oxygen atoms in total. The SMILES string of the molecule is CCCCCC(=O)C(C(=O)O)C(C)N. The molecule has 2 atom stereocenters. The summed E-state index contributed by atoms with van der Waals surface area (Å²) in [5, 5.41) is 8.77. The normalized spacial score (nSPS) is 14.8. The van der Waals surface area contributed by atoms with Crippen LogP contribution in [0.25, 0.3) is 0 Å². The standard InChI is InChI=1S/C10H19NO3/c1-3-4-5-6-8(12)9(7(2)11)10(13)14/h7,9H,3-6,11H2,1-2H3,(H,13,14). The van der Waals surface area contributed by atoms with Gasteiger partial charge in [0.05, 0.1) is 0 Å². The summed E-state index contributed by atoms with van der Waals surface area (Å²) in [7, 11) is 0. The zero-order valence-electron chi connectivity index (χ0n) is 8.82. The molecule has 0 bridgehead atoms. The fourth-order valence-corrected chi connectivity index (χ4v) is 1.36. The Bertz CT molecular complexity index is 202. The van der Waals surface area contributed by atoms with Crippen LogP contribution in [0.2, 0.25) is 0 Å². The quantitative estimate of drug-likeness (QED) is 0.479. The molecule has 0 aromatic rings. The summed E-state index contributed by atoms with van der Waals surface area (Å²) >= 11 is 0. The summed E-state index contributed by atoms with van der Waals surface area (Å²) in [5.41, 5.74) is 5.44. The maximum absolute atomic E-state index is 11.4. The van der Waals surface area contributed by atoms with Gasteiger partial charge in [-0.25, -0.2) is 0 Å².